The Labute approximate surface area is 107 Å². The lowest BCUT2D eigenvalue weighted by molar-refractivity contribution is -0.123. The van der Waals surface area contributed by atoms with Gasteiger partial charge in [0, 0.05) is 18.0 Å². The molecule has 6 N–H and O–H groups in total. The average Bonchev–Trinajstić information content (AvgIpc) is 2.63. The first kappa shape index (κ1) is 14.3. The summed E-state index contributed by atoms with van der Waals surface area (Å²) in [6.45, 7) is 6.56. The van der Waals surface area contributed by atoms with Gasteiger partial charge < -0.3 is 16.4 Å². The Morgan fingerprint density at radius 2 is 2.28 bits per heavy atom. The SMILES string of the molecule is CC(C)NC1=NC[C@H](CC(C)C(=O)NC(=N)N)N1. The van der Waals surface area contributed by atoms with E-state index >= 15 is 0 Å². The van der Waals surface area contributed by atoms with Crippen molar-refractivity contribution in [3.63, 3.8) is 0 Å². The van der Waals surface area contributed by atoms with E-state index in [1.165, 1.54) is 0 Å². The summed E-state index contributed by atoms with van der Waals surface area (Å²) in [4.78, 5) is 15.9. The molecule has 0 aliphatic carbocycles. The standard InChI is InChI=1S/C11H22N6O/c1-6(2)15-11-14-5-8(16-11)4-7(3)9(18)17-10(12)13/h6-8H,4-5H2,1-3H3,(H2,14,15,16)(H4,12,13,17,18)/t7?,8-/m0/s1. The van der Waals surface area contributed by atoms with Gasteiger partial charge >= 0.3 is 0 Å². The molecule has 0 fully saturated rings. The van der Waals surface area contributed by atoms with Crippen molar-refractivity contribution < 1.29 is 4.79 Å². The molecule has 0 saturated carbocycles. The maximum atomic E-state index is 11.6. The van der Waals surface area contributed by atoms with Crippen molar-refractivity contribution in [2.75, 3.05) is 6.54 Å². The Kier molecular flexibility index (Phi) is 4.94. The molecular weight excluding hydrogens is 232 g/mol. The molecule has 0 aromatic rings. The van der Waals surface area contributed by atoms with Crippen molar-refractivity contribution in [3.8, 4) is 0 Å². The van der Waals surface area contributed by atoms with Gasteiger partial charge in [0.1, 0.15) is 0 Å². The molecule has 1 heterocycles. The van der Waals surface area contributed by atoms with Gasteiger partial charge in [-0.15, -0.1) is 0 Å². The van der Waals surface area contributed by atoms with Gasteiger partial charge in [-0.1, -0.05) is 6.92 Å². The van der Waals surface area contributed by atoms with Gasteiger partial charge in [0.25, 0.3) is 0 Å². The number of hydrogen-bond acceptors (Lipinski definition) is 5. The first-order chi connectivity index (χ1) is 8.38. The van der Waals surface area contributed by atoms with E-state index in [0.29, 0.717) is 19.0 Å². The molecule has 1 rings (SSSR count). The van der Waals surface area contributed by atoms with E-state index in [0.717, 1.165) is 5.96 Å². The minimum atomic E-state index is -0.315. The average molecular weight is 254 g/mol. The fourth-order valence-electron chi connectivity index (χ4n) is 1.77. The lowest BCUT2D eigenvalue weighted by Crippen LogP contribution is -2.44. The minimum Gasteiger partial charge on any atom is -0.370 e. The number of nitrogens with zero attached hydrogens (tertiary/aromatic N) is 1. The minimum absolute atomic E-state index is 0.152. The highest BCUT2D eigenvalue weighted by Crippen LogP contribution is 2.09. The molecule has 7 nitrogen and oxygen atoms in total. The van der Waals surface area contributed by atoms with Crippen LogP contribution in [0.1, 0.15) is 27.2 Å². The van der Waals surface area contributed by atoms with Crippen LogP contribution in [0, 0.1) is 11.3 Å². The summed E-state index contributed by atoms with van der Waals surface area (Å²) in [5.41, 5.74) is 5.12. The molecule has 1 unspecified atom stereocenters. The van der Waals surface area contributed by atoms with Crippen LogP contribution in [0.15, 0.2) is 4.99 Å². The summed E-state index contributed by atoms with van der Waals surface area (Å²) in [5.74, 6) is 0.0355. The third-order valence-corrected chi connectivity index (χ3v) is 2.58. The van der Waals surface area contributed by atoms with Crippen LogP contribution in [-0.4, -0.2) is 36.5 Å². The fraction of sp³-hybridized carbons (Fsp3) is 0.727. The number of amides is 1. The molecule has 1 aliphatic rings. The molecule has 0 radical (unpaired) electrons. The highest BCUT2D eigenvalue weighted by molar-refractivity contribution is 5.95. The lowest BCUT2D eigenvalue weighted by atomic mass is 10.0. The Balaban J connectivity index is 2.33. The van der Waals surface area contributed by atoms with Crippen molar-refractivity contribution in [3.05, 3.63) is 0 Å². The van der Waals surface area contributed by atoms with Gasteiger partial charge in [0.05, 0.1) is 6.54 Å². The molecule has 0 spiro atoms. The Morgan fingerprint density at radius 1 is 1.61 bits per heavy atom. The predicted octanol–water partition coefficient (Wildman–Crippen LogP) is -0.652. The van der Waals surface area contributed by atoms with Crippen LogP contribution >= 0.6 is 0 Å². The largest absolute Gasteiger partial charge is 0.370 e. The van der Waals surface area contributed by atoms with Gasteiger partial charge in [0.2, 0.25) is 5.91 Å². The van der Waals surface area contributed by atoms with Crippen LogP contribution < -0.4 is 21.7 Å². The van der Waals surface area contributed by atoms with Gasteiger partial charge in [-0.3, -0.25) is 20.5 Å². The Bertz CT molecular complexity index is 351. The van der Waals surface area contributed by atoms with Crippen molar-refractivity contribution in [1.29, 1.82) is 5.41 Å². The summed E-state index contributed by atoms with van der Waals surface area (Å²) in [5, 5.41) is 15.7. The van der Waals surface area contributed by atoms with E-state index in [9.17, 15) is 4.79 Å². The van der Waals surface area contributed by atoms with E-state index in [2.05, 4.69) is 20.9 Å². The molecule has 0 bridgehead atoms. The predicted molar refractivity (Wildman–Crippen MR) is 71.3 cm³/mol. The molecule has 2 atom stereocenters. The zero-order valence-electron chi connectivity index (χ0n) is 11.1. The maximum absolute atomic E-state index is 11.6. The highest BCUT2D eigenvalue weighted by Gasteiger charge is 2.23. The molecule has 1 aliphatic heterocycles. The molecule has 0 aromatic carbocycles. The number of guanidine groups is 2. The van der Waals surface area contributed by atoms with E-state index in [4.69, 9.17) is 11.1 Å². The fourth-order valence-corrected chi connectivity index (χ4v) is 1.77. The molecule has 1 amide bonds. The Hall–Kier alpha value is -1.79. The summed E-state index contributed by atoms with van der Waals surface area (Å²) < 4.78 is 0. The van der Waals surface area contributed by atoms with Gasteiger partial charge in [0.15, 0.2) is 11.9 Å². The van der Waals surface area contributed by atoms with Crippen LogP contribution in [0.5, 0.6) is 0 Å². The number of nitrogens with one attached hydrogen (secondary N) is 4. The maximum Gasteiger partial charge on any atom is 0.229 e. The van der Waals surface area contributed by atoms with Crippen molar-refractivity contribution in [2.24, 2.45) is 16.6 Å². The number of hydrogen-bond donors (Lipinski definition) is 5. The first-order valence-corrected chi connectivity index (χ1v) is 6.11. The van der Waals surface area contributed by atoms with Gasteiger partial charge in [-0.25, -0.2) is 0 Å². The number of carbonyl (C=O) groups excluding carboxylic acids is 1. The summed E-state index contributed by atoms with van der Waals surface area (Å²) in [7, 11) is 0. The lowest BCUT2D eigenvalue weighted by Gasteiger charge is -2.17. The molecule has 0 aromatic heterocycles. The van der Waals surface area contributed by atoms with Crippen LogP contribution in [0.2, 0.25) is 0 Å². The van der Waals surface area contributed by atoms with E-state index in [1.54, 1.807) is 0 Å². The third kappa shape index (κ3) is 4.60. The summed E-state index contributed by atoms with van der Waals surface area (Å²) in [6, 6.07) is 0.479. The number of nitrogens with two attached hydrogens (primary N) is 1. The summed E-state index contributed by atoms with van der Waals surface area (Å²) >= 11 is 0. The normalized spacial score (nSPS) is 20.0. The second-order valence-corrected chi connectivity index (χ2v) is 4.87. The molecule has 18 heavy (non-hydrogen) atoms. The van der Waals surface area contributed by atoms with Gasteiger partial charge in [-0.2, -0.15) is 0 Å². The molecular formula is C11H22N6O. The molecule has 7 heteroatoms. The van der Waals surface area contributed by atoms with Crippen molar-refractivity contribution in [2.45, 2.75) is 39.3 Å². The van der Waals surface area contributed by atoms with Crippen molar-refractivity contribution in [1.82, 2.24) is 16.0 Å². The zero-order chi connectivity index (χ0) is 13.7. The van der Waals surface area contributed by atoms with Gasteiger partial charge in [-0.05, 0) is 20.3 Å². The van der Waals surface area contributed by atoms with Crippen LogP contribution in [0.4, 0.5) is 0 Å². The quantitative estimate of drug-likeness (QED) is 0.338. The van der Waals surface area contributed by atoms with E-state index in [-0.39, 0.29) is 23.8 Å². The van der Waals surface area contributed by atoms with Crippen LogP contribution in [-0.2, 0) is 4.79 Å². The molecule has 0 saturated heterocycles. The number of aliphatic imine (C=N–C) groups is 1. The third-order valence-electron chi connectivity index (χ3n) is 2.58. The van der Waals surface area contributed by atoms with Crippen molar-refractivity contribution >= 4 is 17.8 Å². The number of rotatable bonds is 4. The second kappa shape index (κ2) is 6.23. The summed E-state index contributed by atoms with van der Waals surface area (Å²) in [6.07, 6.45) is 0.659. The van der Waals surface area contributed by atoms with E-state index in [1.807, 2.05) is 20.8 Å². The zero-order valence-corrected chi connectivity index (χ0v) is 11.1. The van der Waals surface area contributed by atoms with E-state index < -0.39 is 0 Å². The van der Waals surface area contributed by atoms with Crippen LogP contribution in [0.25, 0.3) is 0 Å². The first-order valence-electron chi connectivity index (χ1n) is 6.11. The van der Waals surface area contributed by atoms with Crippen LogP contribution in [0.3, 0.4) is 0 Å². The second-order valence-electron chi connectivity index (χ2n) is 4.87. The number of carbonyl (C=O) groups is 1. The topological polar surface area (TPSA) is 115 Å². The highest BCUT2D eigenvalue weighted by atomic mass is 16.2. The Morgan fingerprint density at radius 3 is 2.83 bits per heavy atom. The molecule has 102 valence electrons. The smallest absolute Gasteiger partial charge is 0.229 e. The monoisotopic (exact) mass is 254 g/mol.